The number of aromatic amines is 1. The van der Waals surface area contributed by atoms with E-state index < -0.39 is 0 Å². The summed E-state index contributed by atoms with van der Waals surface area (Å²) in [5.41, 5.74) is 0.535. The first-order valence-electron chi connectivity index (χ1n) is 7.31. The maximum atomic E-state index is 12.0. The molecule has 0 bridgehead atoms. The minimum Gasteiger partial charge on any atom is -0.481 e. The number of aryl methyl sites for hydroxylation is 1. The summed E-state index contributed by atoms with van der Waals surface area (Å²) >= 11 is 1.08. The normalized spacial score (nSPS) is 9.88. The maximum Gasteiger partial charge on any atom is 0.322 e. The molecule has 1 amide bonds. The number of ether oxygens (including phenoxy) is 1. The molecular weight excluding hydrogens is 330 g/mol. The highest BCUT2D eigenvalue weighted by Gasteiger charge is 2.05. The van der Waals surface area contributed by atoms with Crippen molar-refractivity contribution in [2.75, 3.05) is 19.8 Å². The van der Waals surface area contributed by atoms with Gasteiger partial charge in [-0.1, -0.05) is 23.2 Å². The molecule has 1 aromatic heterocycles. The van der Waals surface area contributed by atoms with Crippen LogP contribution in [0.25, 0.3) is 0 Å². The lowest BCUT2D eigenvalue weighted by atomic mass is 10.2. The molecule has 0 radical (unpaired) electrons. The topological polar surface area (TPSA) is 104 Å². The molecule has 1 aromatic carbocycles. The maximum absolute atomic E-state index is 12.0. The van der Waals surface area contributed by atoms with Gasteiger partial charge in [-0.25, -0.2) is 5.10 Å². The Morgan fingerprint density at radius 1 is 1.33 bits per heavy atom. The number of aliphatic hydroxyl groups excluding tert-OH is 1. The van der Waals surface area contributed by atoms with Gasteiger partial charge in [0.1, 0.15) is 24.0 Å². The third kappa shape index (κ3) is 5.87. The van der Waals surface area contributed by atoms with E-state index in [4.69, 9.17) is 9.84 Å². The van der Waals surface area contributed by atoms with Crippen LogP contribution in [-0.4, -0.2) is 41.0 Å². The number of rotatable bonds is 7. The second-order valence-corrected chi connectivity index (χ2v) is 5.74. The Balaban J connectivity index is 1.72. The van der Waals surface area contributed by atoms with Gasteiger partial charge in [0.15, 0.2) is 0 Å². The third-order valence-electron chi connectivity index (χ3n) is 2.97. The number of carbonyl (C=O) groups is 1. The van der Waals surface area contributed by atoms with Crippen LogP contribution in [0.5, 0.6) is 5.75 Å². The number of hydrogen-bond donors (Lipinski definition) is 3. The van der Waals surface area contributed by atoms with E-state index in [0.717, 1.165) is 16.3 Å². The summed E-state index contributed by atoms with van der Waals surface area (Å²) in [6.45, 7) is 0.494. The van der Waals surface area contributed by atoms with Crippen LogP contribution in [-0.2, 0) is 6.42 Å². The molecule has 0 saturated carbocycles. The largest absolute Gasteiger partial charge is 0.481 e. The second kappa shape index (κ2) is 9.50. The Labute approximate surface area is 142 Å². The van der Waals surface area contributed by atoms with E-state index in [0.29, 0.717) is 30.7 Å². The zero-order valence-corrected chi connectivity index (χ0v) is 13.7. The highest BCUT2D eigenvalue weighted by atomic mass is 32.1. The van der Waals surface area contributed by atoms with Crippen LogP contribution in [0.3, 0.4) is 0 Å². The monoisotopic (exact) mass is 347 g/mol. The highest BCUT2D eigenvalue weighted by Crippen LogP contribution is 2.12. The number of nitrogens with one attached hydrogen (secondary N) is 2. The zero-order valence-electron chi connectivity index (χ0n) is 12.9. The zero-order chi connectivity index (χ0) is 17.2. The van der Waals surface area contributed by atoms with Crippen LogP contribution in [0.2, 0.25) is 0 Å². The Morgan fingerprint density at radius 3 is 2.79 bits per heavy atom. The lowest BCUT2D eigenvalue weighted by Gasteiger charge is -2.06. The van der Waals surface area contributed by atoms with Gasteiger partial charge in [-0.05, 0) is 30.7 Å². The molecule has 0 saturated heterocycles. The van der Waals surface area contributed by atoms with Crippen LogP contribution >= 0.6 is 11.3 Å². The van der Waals surface area contributed by atoms with E-state index in [1.165, 1.54) is 0 Å². The molecule has 2 aromatic rings. The van der Waals surface area contributed by atoms with Crippen molar-refractivity contribution in [2.45, 2.75) is 12.8 Å². The smallest absolute Gasteiger partial charge is 0.322 e. The Bertz CT molecular complexity index is 771. The first-order valence-corrected chi connectivity index (χ1v) is 8.12. The second-order valence-electron chi connectivity index (χ2n) is 4.69. The summed E-state index contributed by atoms with van der Waals surface area (Å²) in [6, 6.07) is 6.72. The molecule has 7 nitrogen and oxygen atoms in total. The van der Waals surface area contributed by atoms with Crippen molar-refractivity contribution in [3.05, 3.63) is 44.5 Å². The van der Waals surface area contributed by atoms with Gasteiger partial charge < -0.3 is 15.2 Å². The molecule has 126 valence electrons. The lowest BCUT2D eigenvalue weighted by molar-refractivity contribution is 0.0953. The summed E-state index contributed by atoms with van der Waals surface area (Å²) in [7, 11) is 0. The van der Waals surface area contributed by atoms with Crippen LogP contribution in [0, 0.1) is 11.8 Å². The Morgan fingerprint density at radius 2 is 2.12 bits per heavy atom. The Hall–Kier alpha value is -2.63. The van der Waals surface area contributed by atoms with Crippen molar-refractivity contribution in [1.29, 1.82) is 0 Å². The number of H-pyrrole nitrogens is 1. The number of carbonyl (C=O) groups excluding carboxylic acids is 1. The molecule has 1 heterocycles. The van der Waals surface area contributed by atoms with E-state index in [9.17, 15) is 9.59 Å². The molecule has 0 aliphatic carbocycles. The first-order chi connectivity index (χ1) is 11.7. The van der Waals surface area contributed by atoms with Crippen molar-refractivity contribution in [1.82, 2.24) is 15.5 Å². The molecule has 0 fully saturated rings. The molecule has 0 atom stereocenters. The summed E-state index contributed by atoms with van der Waals surface area (Å²) in [6.07, 6.45) is 1.35. The summed E-state index contributed by atoms with van der Waals surface area (Å²) in [5.74, 6) is 5.56. The third-order valence-corrected chi connectivity index (χ3v) is 3.77. The standard InChI is InChI=1S/C16H17N3O4S/c20-10-1-2-11-23-13-7-5-12(6-8-13)15(21)17-9-3-4-14-18-19-16(22)24-14/h5-8,20H,3-4,9-11H2,(H,17,21)(H,19,22). The van der Waals surface area contributed by atoms with Crippen LogP contribution < -0.4 is 14.9 Å². The van der Waals surface area contributed by atoms with Crippen molar-refractivity contribution in [3.8, 4) is 17.6 Å². The molecular formula is C16H17N3O4S. The van der Waals surface area contributed by atoms with Crippen molar-refractivity contribution < 1.29 is 14.6 Å². The van der Waals surface area contributed by atoms with E-state index in [-0.39, 0.29) is 24.0 Å². The van der Waals surface area contributed by atoms with Gasteiger partial charge in [0, 0.05) is 18.5 Å². The van der Waals surface area contributed by atoms with Gasteiger partial charge in [-0.2, -0.15) is 5.10 Å². The highest BCUT2D eigenvalue weighted by molar-refractivity contribution is 7.08. The van der Waals surface area contributed by atoms with Crippen LogP contribution in [0.1, 0.15) is 21.8 Å². The van der Waals surface area contributed by atoms with E-state index in [1.54, 1.807) is 24.3 Å². The molecule has 0 aliphatic rings. The average Bonchev–Trinajstić information content (AvgIpc) is 3.01. The van der Waals surface area contributed by atoms with Gasteiger partial charge in [0.05, 0.1) is 0 Å². The van der Waals surface area contributed by atoms with E-state index >= 15 is 0 Å². The van der Waals surface area contributed by atoms with Gasteiger partial charge in [-0.15, -0.1) is 0 Å². The molecule has 3 N–H and O–H groups in total. The average molecular weight is 347 g/mol. The number of amides is 1. The molecule has 24 heavy (non-hydrogen) atoms. The first kappa shape index (κ1) is 17.7. The fourth-order valence-corrected chi connectivity index (χ4v) is 2.48. The SMILES string of the molecule is O=C(NCCCc1n[nH]c(=O)s1)c1ccc(OCC#CCO)cc1. The number of benzene rings is 1. The minimum atomic E-state index is -0.193. The number of hydrogen-bond acceptors (Lipinski definition) is 6. The Kier molecular flexibility index (Phi) is 7.01. The summed E-state index contributed by atoms with van der Waals surface area (Å²) in [4.78, 5) is 22.8. The van der Waals surface area contributed by atoms with Gasteiger partial charge in [0.25, 0.3) is 5.91 Å². The predicted octanol–water partition coefficient (Wildman–Crippen LogP) is 0.568. The van der Waals surface area contributed by atoms with E-state index in [1.807, 2.05) is 0 Å². The van der Waals surface area contributed by atoms with Gasteiger partial charge in [-0.3, -0.25) is 9.59 Å². The lowest BCUT2D eigenvalue weighted by Crippen LogP contribution is -2.24. The predicted molar refractivity (Wildman–Crippen MR) is 90.2 cm³/mol. The number of nitrogens with zero attached hydrogens (tertiary/aromatic N) is 1. The fourth-order valence-electron chi connectivity index (χ4n) is 1.84. The summed E-state index contributed by atoms with van der Waals surface area (Å²) in [5, 5.41) is 18.3. The van der Waals surface area contributed by atoms with Crippen molar-refractivity contribution in [2.24, 2.45) is 0 Å². The molecule has 0 unspecified atom stereocenters. The van der Waals surface area contributed by atoms with Crippen molar-refractivity contribution in [3.63, 3.8) is 0 Å². The van der Waals surface area contributed by atoms with Crippen molar-refractivity contribution >= 4 is 17.2 Å². The quantitative estimate of drug-likeness (QED) is 0.502. The number of aromatic nitrogens is 2. The summed E-state index contributed by atoms with van der Waals surface area (Å²) < 4.78 is 5.34. The molecule has 8 heteroatoms. The van der Waals surface area contributed by atoms with E-state index in [2.05, 4.69) is 27.4 Å². The van der Waals surface area contributed by atoms with Crippen LogP contribution in [0.4, 0.5) is 0 Å². The van der Waals surface area contributed by atoms with Gasteiger partial charge >= 0.3 is 4.87 Å². The minimum absolute atomic E-state index is 0.168. The molecule has 0 aliphatic heterocycles. The fraction of sp³-hybridized carbons (Fsp3) is 0.312. The number of aliphatic hydroxyl groups is 1. The molecule has 2 rings (SSSR count). The van der Waals surface area contributed by atoms with Crippen LogP contribution in [0.15, 0.2) is 29.1 Å². The van der Waals surface area contributed by atoms with Gasteiger partial charge in [0.2, 0.25) is 0 Å². The molecule has 0 spiro atoms.